The molecule has 3 heteroatoms. The van der Waals surface area contributed by atoms with Gasteiger partial charge in [-0.1, -0.05) is 72.3 Å². The van der Waals surface area contributed by atoms with Crippen molar-refractivity contribution in [1.82, 2.24) is 0 Å². The smallest absolute Gasteiger partial charge is 0.344 e. The van der Waals surface area contributed by atoms with E-state index in [2.05, 4.69) is 0 Å². The maximum absolute atomic E-state index is 13.1. The maximum atomic E-state index is 13.1. The lowest BCUT2D eigenvalue weighted by Crippen LogP contribution is -2.32. The van der Waals surface area contributed by atoms with Crippen LogP contribution in [-0.2, 0) is 5.41 Å². The zero-order valence-corrected chi connectivity index (χ0v) is 16.3. The summed E-state index contributed by atoms with van der Waals surface area (Å²) in [4.78, 5) is 13.1. The summed E-state index contributed by atoms with van der Waals surface area (Å²) in [5.74, 6) is 1.31. The van der Waals surface area contributed by atoms with Crippen molar-refractivity contribution in [2.75, 3.05) is 0 Å². The van der Waals surface area contributed by atoms with Gasteiger partial charge in [-0.2, -0.15) is 0 Å². The SMILES string of the molecule is Cc1ccc2oc(=O)c3c(c2c1)OC(c1ccccc1)=CC3(C)c1ccccc1. The molecule has 1 aliphatic heterocycles. The Labute approximate surface area is 168 Å². The molecular weight excluding hydrogens is 360 g/mol. The molecule has 4 aromatic rings. The highest BCUT2D eigenvalue weighted by molar-refractivity contribution is 5.88. The van der Waals surface area contributed by atoms with Gasteiger partial charge in [0.05, 0.1) is 16.4 Å². The second-order valence-corrected chi connectivity index (χ2v) is 7.64. The minimum absolute atomic E-state index is 0.369. The molecule has 1 aromatic heterocycles. The number of allylic oxidation sites excluding steroid dienone is 1. The van der Waals surface area contributed by atoms with Crippen molar-refractivity contribution in [3.8, 4) is 5.75 Å². The Morgan fingerprint density at radius 3 is 2.28 bits per heavy atom. The van der Waals surface area contributed by atoms with Crippen molar-refractivity contribution in [2.45, 2.75) is 19.3 Å². The lowest BCUT2D eigenvalue weighted by atomic mass is 9.74. The Bertz CT molecular complexity index is 1300. The van der Waals surface area contributed by atoms with Crippen molar-refractivity contribution in [2.24, 2.45) is 0 Å². The van der Waals surface area contributed by atoms with Gasteiger partial charge in [0.25, 0.3) is 0 Å². The first kappa shape index (κ1) is 17.5. The number of hydrogen-bond acceptors (Lipinski definition) is 3. The summed E-state index contributed by atoms with van der Waals surface area (Å²) in [5.41, 5.74) is 3.07. The number of rotatable bonds is 2. The van der Waals surface area contributed by atoms with Gasteiger partial charge in [-0.15, -0.1) is 0 Å². The molecule has 3 nitrogen and oxygen atoms in total. The highest BCUT2D eigenvalue weighted by atomic mass is 16.5. The van der Waals surface area contributed by atoms with E-state index in [1.54, 1.807) is 0 Å². The molecule has 0 amide bonds. The molecule has 142 valence electrons. The van der Waals surface area contributed by atoms with Crippen molar-refractivity contribution >= 4 is 16.7 Å². The van der Waals surface area contributed by atoms with Crippen LogP contribution in [0, 0.1) is 6.92 Å². The van der Waals surface area contributed by atoms with Gasteiger partial charge in [0.15, 0.2) is 0 Å². The Kier molecular flexibility index (Phi) is 3.92. The Morgan fingerprint density at radius 1 is 0.862 bits per heavy atom. The highest BCUT2D eigenvalue weighted by Crippen LogP contribution is 2.46. The van der Waals surface area contributed by atoms with E-state index in [-0.39, 0.29) is 5.63 Å². The van der Waals surface area contributed by atoms with Crippen LogP contribution in [0.15, 0.2) is 94.2 Å². The lowest BCUT2D eigenvalue weighted by Gasteiger charge is -2.33. The number of fused-ring (bicyclic) bond motifs is 3. The average molecular weight is 380 g/mol. The molecule has 0 aliphatic carbocycles. The topological polar surface area (TPSA) is 39.4 Å². The fourth-order valence-corrected chi connectivity index (χ4v) is 4.07. The van der Waals surface area contributed by atoms with Gasteiger partial charge in [-0.25, -0.2) is 4.79 Å². The molecule has 2 heterocycles. The maximum Gasteiger partial charge on any atom is 0.344 e. The van der Waals surface area contributed by atoms with Crippen molar-refractivity contribution in [1.29, 1.82) is 0 Å². The molecule has 0 spiro atoms. The highest BCUT2D eigenvalue weighted by Gasteiger charge is 2.39. The van der Waals surface area contributed by atoms with Gasteiger partial charge in [-0.3, -0.25) is 0 Å². The molecule has 0 fully saturated rings. The van der Waals surface area contributed by atoms with Crippen LogP contribution in [0.5, 0.6) is 5.75 Å². The standard InChI is InChI=1S/C26H20O3/c1-17-13-14-21-20(15-17)24-23(25(27)29-21)26(2,19-11-7-4-8-12-19)16-22(28-24)18-9-5-3-6-10-18/h3-16H,1-2H3. The van der Waals surface area contributed by atoms with Crippen LogP contribution in [0.25, 0.3) is 16.7 Å². The van der Waals surface area contributed by atoms with Crippen LogP contribution in [-0.4, -0.2) is 0 Å². The van der Waals surface area contributed by atoms with Crippen LogP contribution in [0.1, 0.15) is 29.2 Å². The van der Waals surface area contributed by atoms with Crippen LogP contribution in [0.4, 0.5) is 0 Å². The van der Waals surface area contributed by atoms with E-state index in [0.29, 0.717) is 16.9 Å². The molecule has 3 aromatic carbocycles. The van der Waals surface area contributed by atoms with E-state index in [1.165, 1.54) is 0 Å². The minimum atomic E-state index is -0.682. The van der Waals surface area contributed by atoms with Crippen molar-refractivity contribution in [3.63, 3.8) is 0 Å². The third kappa shape index (κ3) is 2.78. The number of ether oxygens (including phenoxy) is 1. The molecule has 1 aliphatic rings. The van der Waals surface area contributed by atoms with Crippen molar-refractivity contribution in [3.05, 3.63) is 118 Å². The molecular formula is C26H20O3. The first-order valence-corrected chi connectivity index (χ1v) is 9.66. The second-order valence-electron chi connectivity index (χ2n) is 7.64. The van der Waals surface area contributed by atoms with Crippen LogP contribution < -0.4 is 10.4 Å². The predicted octanol–water partition coefficient (Wildman–Crippen LogP) is 5.84. The summed E-state index contributed by atoms with van der Waals surface area (Å²) >= 11 is 0. The molecule has 29 heavy (non-hydrogen) atoms. The molecule has 0 radical (unpaired) electrons. The van der Waals surface area contributed by atoms with Gasteiger partial charge < -0.3 is 9.15 Å². The van der Waals surface area contributed by atoms with Gasteiger partial charge in [0, 0.05) is 5.56 Å². The predicted molar refractivity (Wildman–Crippen MR) is 115 cm³/mol. The number of hydrogen-bond donors (Lipinski definition) is 0. The summed E-state index contributed by atoms with van der Waals surface area (Å²) < 4.78 is 12.1. The second kappa shape index (κ2) is 6.49. The van der Waals surface area contributed by atoms with E-state index >= 15 is 0 Å². The Hall–Kier alpha value is -3.59. The zero-order chi connectivity index (χ0) is 20.0. The van der Waals surface area contributed by atoms with E-state index in [9.17, 15) is 4.79 Å². The van der Waals surface area contributed by atoms with Gasteiger partial charge in [-0.05, 0) is 37.6 Å². The molecule has 0 saturated carbocycles. The van der Waals surface area contributed by atoms with Crippen LogP contribution in [0.2, 0.25) is 0 Å². The summed E-state index contributed by atoms with van der Waals surface area (Å²) in [6.07, 6.45) is 2.03. The van der Waals surface area contributed by atoms with Crippen molar-refractivity contribution < 1.29 is 9.15 Å². The molecule has 1 unspecified atom stereocenters. The Morgan fingerprint density at radius 2 is 1.55 bits per heavy atom. The first-order valence-electron chi connectivity index (χ1n) is 9.66. The molecule has 0 bridgehead atoms. The quantitative estimate of drug-likeness (QED) is 0.410. The third-order valence-corrected chi connectivity index (χ3v) is 5.60. The van der Waals surface area contributed by atoms with E-state index in [4.69, 9.17) is 9.15 Å². The summed E-state index contributed by atoms with van der Waals surface area (Å²) in [5, 5.41) is 0.809. The normalized spacial score (nSPS) is 18.1. The van der Waals surface area contributed by atoms with Gasteiger partial charge in [0.2, 0.25) is 0 Å². The summed E-state index contributed by atoms with van der Waals surface area (Å²) in [7, 11) is 0. The monoisotopic (exact) mass is 380 g/mol. The van der Waals surface area contributed by atoms with Gasteiger partial charge >= 0.3 is 5.63 Å². The molecule has 0 saturated heterocycles. The van der Waals surface area contributed by atoms with E-state index < -0.39 is 5.41 Å². The van der Waals surface area contributed by atoms with E-state index in [0.717, 1.165) is 27.8 Å². The van der Waals surface area contributed by atoms with Crippen LogP contribution >= 0.6 is 0 Å². The zero-order valence-electron chi connectivity index (χ0n) is 16.3. The average Bonchev–Trinajstić information content (AvgIpc) is 2.75. The fraction of sp³-hybridized carbons (Fsp3) is 0.115. The Balaban J connectivity index is 1.88. The molecule has 1 atom stereocenters. The van der Waals surface area contributed by atoms with E-state index in [1.807, 2.05) is 98.8 Å². The summed E-state index contributed by atoms with van der Waals surface area (Å²) in [6.45, 7) is 4.06. The third-order valence-electron chi connectivity index (χ3n) is 5.60. The van der Waals surface area contributed by atoms with Gasteiger partial charge in [0.1, 0.15) is 17.1 Å². The largest absolute Gasteiger partial charge is 0.456 e. The van der Waals surface area contributed by atoms with Crippen LogP contribution in [0.3, 0.4) is 0 Å². The minimum Gasteiger partial charge on any atom is -0.456 e. The number of benzene rings is 3. The molecule has 5 rings (SSSR count). The fourth-order valence-electron chi connectivity index (χ4n) is 4.07. The summed E-state index contributed by atoms with van der Waals surface area (Å²) in [6, 6.07) is 25.8. The number of aryl methyl sites for hydroxylation is 1. The molecule has 0 N–H and O–H groups in total. The lowest BCUT2D eigenvalue weighted by molar-refractivity contribution is 0.446. The first-order chi connectivity index (χ1) is 14.1.